The van der Waals surface area contributed by atoms with Crippen LogP contribution in [0.3, 0.4) is 0 Å². The van der Waals surface area contributed by atoms with E-state index in [9.17, 15) is 8.42 Å². The molecule has 0 radical (unpaired) electrons. The molecule has 4 rings (SSSR count). The molecular weight excluding hydrogens is 442 g/mol. The van der Waals surface area contributed by atoms with E-state index < -0.39 is 9.84 Å². The molecule has 6 nitrogen and oxygen atoms in total. The van der Waals surface area contributed by atoms with Crippen LogP contribution < -0.4 is 4.74 Å². The molecule has 0 aliphatic carbocycles. The zero-order valence-corrected chi connectivity index (χ0v) is 19.2. The third kappa shape index (κ3) is 5.38. The second-order valence-electron chi connectivity index (χ2n) is 7.15. The summed E-state index contributed by atoms with van der Waals surface area (Å²) in [4.78, 5) is 0.274. The van der Waals surface area contributed by atoms with E-state index in [-0.39, 0.29) is 10.6 Å². The van der Waals surface area contributed by atoms with Gasteiger partial charge in [0.05, 0.1) is 11.5 Å². The summed E-state index contributed by atoms with van der Waals surface area (Å²) in [7, 11) is -3.57. The summed E-state index contributed by atoms with van der Waals surface area (Å²) in [6, 6.07) is 26.0. The molecule has 32 heavy (non-hydrogen) atoms. The highest BCUT2D eigenvalue weighted by atomic mass is 32.2. The van der Waals surface area contributed by atoms with Crippen LogP contribution >= 0.6 is 11.8 Å². The number of hydrogen-bond donors (Lipinski definition) is 0. The van der Waals surface area contributed by atoms with Gasteiger partial charge in [0, 0.05) is 11.4 Å². The van der Waals surface area contributed by atoms with Gasteiger partial charge in [-0.25, -0.2) is 8.42 Å². The minimum atomic E-state index is -3.57. The molecule has 0 unspecified atom stereocenters. The molecule has 0 bridgehead atoms. The van der Waals surface area contributed by atoms with Gasteiger partial charge in [-0.3, -0.25) is 4.57 Å². The lowest BCUT2D eigenvalue weighted by atomic mass is 10.2. The van der Waals surface area contributed by atoms with E-state index in [2.05, 4.69) is 10.2 Å². The summed E-state index contributed by atoms with van der Waals surface area (Å²) in [6.07, 6.45) is 0. The van der Waals surface area contributed by atoms with Crippen molar-refractivity contribution in [1.82, 2.24) is 14.8 Å². The normalized spacial score (nSPS) is 11.4. The molecular formula is C24H23N3O3S2. The van der Waals surface area contributed by atoms with Crippen LogP contribution in [0.4, 0.5) is 0 Å². The van der Waals surface area contributed by atoms with Gasteiger partial charge in [-0.15, -0.1) is 10.2 Å². The Bertz CT molecular complexity index is 1260. The highest BCUT2D eigenvalue weighted by Gasteiger charge is 2.22. The number of nitrogens with zero attached hydrogens (tertiary/aromatic N) is 3. The number of para-hydroxylation sites is 2. The molecule has 0 atom stereocenters. The van der Waals surface area contributed by atoms with Gasteiger partial charge in [0.15, 0.2) is 20.8 Å². The van der Waals surface area contributed by atoms with Crippen LogP contribution in [0.15, 0.2) is 95.0 Å². The van der Waals surface area contributed by atoms with Crippen LogP contribution in [0.1, 0.15) is 11.4 Å². The first kappa shape index (κ1) is 22.1. The van der Waals surface area contributed by atoms with Crippen molar-refractivity contribution in [3.63, 3.8) is 0 Å². The zero-order valence-electron chi connectivity index (χ0n) is 17.6. The maximum Gasteiger partial charge on any atom is 0.195 e. The molecule has 164 valence electrons. The number of aryl methyl sites for hydroxylation is 1. The Labute approximate surface area is 192 Å². The number of rotatable bonds is 9. The van der Waals surface area contributed by atoms with Gasteiger partial charge in [-0.2, -0.15) is 0 Å². The van der Waals surface area contributed by atoms with Crippen LogP contribution in [-0.2, 0) is 15.6 Å². The Morgan fingerprint density at radius 1 is 0.875 bits per heavy atom. The summed E-state index contributed by atoms with van der Waals surface area (Å²) < 4.78 is 33.6. The lowest BCUT2D eigenvalue weighted by molar-refractivity contribution is 0.344. The number of sulfone groups is 1. The van der Waals surface area contributed by atoms with Gasteiger partial charge < -0.3 is 4.74 Å². The minimum Gasteiger partial charge on any atom is -0.493 e. The van der Waals surface area contributed by atoms with Crippen molar-refractivity contribution in [3.05, 3.63) is 96.3 Å². The predicted molar refractivity (Wildman–Crippen MR) is 126 cm³/mol. The Balaban J connectivity index is 1.55. The standard InChI is InChI=1S/C24H23N3O3S2/c1-19-12-14-22(15-13-19)32(28,29)18-23-25-26-24(27(23)20-8-4-2-5-9-20)31-17-16-30-21-10-6-3-7-11-21/h2-15H,16-18H2,1H3. The topological polar surface area (TPSA) is 74.1 Å². The number of benzene rings is 3. The molecule has 4 aromatic rings. The molecule has 0 saturated heterocycles. The fourth-order valence-electron chi connectivity index (χ4n) is 3.13. The largest absolute Gasteiger partial charge is 0.493 e. The van der Waals surface area contributed by atoms with Crippen LogP contribution in [-0.4, -0.2) is 35.5 Å². The van der Waals surface area contributed by atoms with Gasteiger partial charge in [0.1, 0.15) is 11.5 Å². The van der Waals surface area contributed by atoms with Crippen molar-refractivity contribution in [2.45, 2.75) is 22.7 Å². The van der Waals surface area contributed by atoms with E-state index in [1.807, 2.05) is 67.6 Å². The zero-order chi connectivity index (χ0) is 22.4. The first-order valence-corrected chi connectivity index (χ1v) is 12.8. The van der Waals surface area contributed by atoms with Crippen molar-refractivity contribution in [3.8, 4) is 11.4 Å². The van der Waals surface area contributed by atoms with Crippen molar-refractivity contribution in [2.75, 3.05) is 12.4 Å². The van der Waals surface area contributed by atoms with E-state index in [4.69, 9.17) is 4.74 Å². The fraction of sp³-hybridized carbons (Fsp3) is 0.167. The van der Waals surface area contributed by atoms with Crippen LogP contribution in [0.2, 0.25) is 0 Å². The average Bonchev–Trinajstić information content (AvgIpc) is 3.20. The number of thioether (sulfide) groups is 1. The maximum atomic E-state index is 13.0. The number of hydrogen-bond acceptors (Lipinski definition) is 6. The second kappa shape index (κ2) is 10.0. The van der Waals surface area contributed by atoms with Gasteiger partial charge in [0.25, 0.3) is 0 Å². The van der Waals surface area contributed by atoms with E-state index in [0.29, 0.717) is 23.3 Å². The van der Waals surface area contributed by atoms with Gasteiger partial charge in [-0.1, -0.05) is 65.9 Å². The predicted octanol–water partition coefficient (Wildman–Crippen LogP) is 4.72. The number of aromatic nitrogens is 3. The SMILES string of the molecule is Cc1ccc(S(=O)(=O)Cc2nnc(SCCOc3ccccc3)n2-c2ccccc2)cc1. The molecule has 1 heterocycles. The lowest BCUT2D eigenvalue weighted by Crippen LogP contribution is -2.11. The maximum absolute atomic E-state index is 13.0. The third-order valence-electron chi connectivity index (χ3n) is 4.74. The Kier molecular flexibility index (Phi) is 6.92. The average molecular weight is 466 g/mol. The van der Waals surface area contributed by atoms with E-state index in [1.54, 1.807) is 28.8 Å². The quantitative estimate of drug-likeness (QED) is 0.263. The Hall–Kier alpha value is -3.10. The van der Waals surface area contributed by atoms with Crippen molar-refractivity contribution >= 4 is 21.6 Å². The molecule has 0 aliphatic rings. The minimum absolute atomic E-state index is 0.237. The second-order valence-corrected chi connectivity index (χ2v) is 10.2. The molecule has 0 saturated carbocycles. The molecule has 0 N–H and O–H groups in total. The van der Waals surface area contributed by atoms with Crippen molar-refractivity contribution in [1.29, 1.82) is 0 Å². The molecule has 1 aromatic heterocycles. The molecule has 3 aromatic carbocycles. The summed E-state index contributed by atoms with van der Waals surface area (Å²) in [5, 5.41) is 9.14. The van der Waals surface area contributed by atoms with E-state index in [1.165, 1.54) is 11.8 Å². The monoisotopic (exact) mass is 465 g/mol. The van der Waals surface area contributed by atoms with Crippen molar-refractivity contribution in [2.24, 2.45) is 0 Å². The van der Waals surface area contributed by atoms with Crippen LogP contribution in [0.25, 0.3) is 5.69 Å². The Morgan fingerprint density at radius 2 is 1.53 bits per heavy atom. The van der Waals surface area contributed by atoms with Gasteiger partial charge in [0.2, 0.25) is 0 Å². The smallest absolute Gasteiger partial charge is 0.195 e. The highest BCUT2D eigenvalue weighted by Crippen LogP contribution is 2.25. The van der Waals surface area contributed by atoms with E-state index >= 15 is 0 Å². The Morgan fingerprint density at radius 3 is 2.22 bits per heavy atom. The third-order valence-corrected chi connectivity index (χ3v) is 7.26. The van der Waals surface area contributed by atoms with Crippen LogP contribution in [0.5, 0.6) is 5.75 Å². The summed E-state index contributed by atoms with van der Waals surface area (Å²) in [5.41, 5.74) is 1.82. The highest BCUT2D eigenvalue weighted by molar-refractivity contribution is 7.99. The molecule has 0 fully saturated rings. The van der Waals surface area contributed by atoms with Crippen LogP contribution in [0, 0.1) is 6.92 Å². The summed E-state index contributed by atoms with van der Waals surface area (Å²) in [6.45, 7) is 2.42. The summed E-state index contributed by atoms with van der Waals surface area (Å²) >= 11 is 1.48. The molecule has 8 heteroatoms. The first-order valence-electron chi connectivity index (χ1n) is 10.1. The van der Waals surface area contributed by atoms with E-state index in [0.717, 1.165) is 17.0 Å². The number of ether oxygens (including phenoxy) is 1. The lowest BCUT2D eigenvalue weighted by Gasteiger charge is -2.11. The molecule has 0 amide bonds. The molecule has 0 aliphatic heterocycles. The molecule has 0 spiro atoms. The fourth-order valence-corrected chi connectivity index (χ4v) is 5.16. The summed E-state index contributed by atoms with van der Waals surface area (Å²) in [5.74, 6) is 1.59. The first-order chi connectivity index (χ1) is 15.5. The van der Waals surface area contributed by atoms with Crippen molar-refractivity contribution < 1.29 is 13.2 Å². The van der Waals surface area contributed by atoms with Gasteiger partial charge in [-0.05, 0) is 43.3 Å². The van der Waals surface area contributed by atoms with Gasteiger partial charge >= 0.3 is 0 Å².